The average molecular weight is 346 g/mol. The van der Waals surface area contributed by atoms with Gasteiger partial charge in [-0.15, -0.1) is 0 Å². The number of carboxylic acids is 2. The van der Waals surface area contributed by atoms with E-state index in [-0.39, 0.29) is 154 Å². The number of aliphatic carboxylic acids is 2. The predicted molar refractivity (Wildman–Crippen MR) is 11.4 cm³/mol. The Morgan fingerprint density at radius 1 is 0.846 bits per heavy atom. The Morgan fingerprint density at radius 3 is 0.923 bits per heavy atom. The zero-order valence-electron chi connectivity index (χ0n) is 7.30. The molecule has 0 spiro atoms. The van der Waals surface area contributed by atoms with Crippen LogP contribution >= 0.6 is 0 Å². The van der Waals surface area contributed by atoms with Crippen LogP contribution in [-0.2, 0) is 34.9 Å². The van der Waals surface area contributed by atoms with E-state index in [1.807, 2.05) is 0 Å². The Kier molecular flexibility index (Phi) is 50.0. The number of rotatable bonds is 0. The molecule has 0 rings (SSSR count). The molecule has 0 unspecified atom stereocenters. The zero-order chi connectivity index (χ0) is 8.73. The van der Waals surface area contributed by atoms with E-state index in [4.69, 9.17) is 29.9 Å². The maximum absolute atomic E-state index is 8.93. The van der Waals surface area contributed by atoms with E-state index in [1.54, 1.807) is 0 Å². The molecule has 0 aromatic carbocycles. The molecule has 0 atom stereocenters. The van der Waals surface area contributed by atoms with Gasteiger partial charge in [-0.3, -0.25) is 0 Å². The van der Waals surface area contributed by atoms with Crippen molar-refractivity contribution in [2.24, 2.45) is 0 Å². The van der Waals surface area contributed by atoms with Crippen LogP contribution in [0.15, 0.2) is 0 Å². The Balaban J connectivity index is -0.0000000279. The molecule has 0 saturated carbocycles. The van der Waals surface area contributed by atoms with Gasteiger partial charge in [0.15, 0.2) is 0 Å². The predicted octanol–water partition coefficient (Wildman–Crippen LogP) is -13.9. The van der Waals surface area contributed by atoms with E-state index < -0.39 is 30.7 Å². The third kappa shape index (κ3) is 48.7. The molecule has 7 nitrogen and oxygen atoms in total. The number of carbonyl (C=O) groups is 2. The summed E-state index contributed by atoms with van der Waals surface area (Å²) in [6, 6.07) is 0. The van der Waals surface area contributed by atoms with Gasteiger partial charge in [0, 0.05) is 0 Å². The van der Waals surface area contributed by atoms with E-state index in [9.17, 15) is 0 Å². The number of carboxylic acid groups (broad SMARTS) is 2. The van der Waals surface area contributed by atoms with E-state index in [0.29, 0.717) is 0 Å². The van der Waals surface area contributed by atoms with E-state index >= 15 is 0 Å². The van der Waals surface area contributed by atoms with Crippen LogP contribution in [-0.4, -0.2) is 11.9 Å². The zero-order valence-corrected chi connectivity index (χ0v) is 18.9. The summed E-state index contributed by atoms with van der Waals surface area (Å²) >= 11 is -4.20. The first-order chi connectivity index (χ1) is 4.37. The minimum absolute atomic E-state index is 0. The minimum atomic E-state index is -4.20. The summed E-state index contributed by atoms with van der Waals surface area (Å²) in [5.41, 5.74) is 0. The van der Waals surface area contributed by atoms with E-state index in [2.05, 4.69) is 0 Å². The Hall–Kier alpha value is 4.15. The molecule has 0 aromatic heterocycles. The summed E-state index contributed by atoms with van der Waals surface area (Å²) in [6.45, 7) is 0. The maximum atomic E-state index is 8.93. The monoisotopic (exact) mass is 346 g/mol. The van der Waals surface area contributed by atoms with Crippen LogP contribution in [0, 0.1) is 0 Å². The second-order valence-corrected chi connectivity index (χ2v) is 1.90. The van der Waals surface area contributed by atoms with Crippen molar-refractivity contribution >= 4 is 11.9 Å². The van der Waals surface area contributed by atoms with Crippen molar-refractivity contribution in [2.45, 2.75) is 0 Å². The first-order valence-electron chi connectivity index (χ1n) is 1.61. The molecular weight excluding hydrogens is 346 g/mol. The van der Waals surface area contributed by atoms with Gasteiger partial charge in [-0.05, 0) is 0 Å². The first kappa shape index (κ1) is 30.3. The second kappa shape index (κ2) is 21.4. The molecular formula is C2K3NbO7. The van der Waals surface area contributed by atoms with Crippen molar-refractivity contribution in [3.05, 3.63) is 0 Å². The third-order valence-corrected chi connectivity index (χ3v) is 0.167. The van der Waals surface area contributed by atoms with Crippen molar-refractivity contribution in [2.75, 3.05) is 0 Å². The van der Waals surface area contributed by atoms with Crippen molar-refractivity contribution in [3.63, 3.8) is 0 Å². The Labute approximate surface area is 208 Å². The number of carbonyl (C=O) groups excluding carboxylic acids is 2. The Morgan fingerprint density at radius 2 is 0.923 bits per heavy atom. The van der Waals surface area contributed by atoms with Gasteiger partial charge >= 0.3 is 183 Å². The Bertz CT molecular complexity index is 180. The molecule has 0 fully saturated rings. The summed E-state index contributed by atoms with van der Waals surface area (Å²) in [7, 11) is 0. The topological polar surface area (TPSA) is 137 Å². The molecule has 0 N–H and O–H groups in total. The van der Waals surface area contributed by atoms with Gasteiger partial charge in [0.1, 0.15) is 0 Å². The summed E-state index contributed by atoms with van der Waals surface area (Å²) in [6.07, 6.45) is 0. The molecule has 0 heterocycles. The number of hydrogen-bond donors (Lipinski definition) is 0. The van der Waals surface area contributed by atoms with Gasteiger partial charge in [-0.25, -0.2) is 0 Å². The van der Waals surface area contributed by atoms with Gasteiger partial charge < -0.3 is 19.8 Å². The van der Waals surface area contributed by atoms with Gasteiger partial charge in [0.05, 0.1) is 11.9 Å². The van der Waals surface area contributed by atoms with Crippen LogP contribution in [0.1, 0.15) is 0 Å². The molecule has 11 heteroatoms. The molecule has 0 aliphatic carbocycles. The van der Waals surface area contributed by atoms with Crippen LogP contribution in [0.4, 0.5) is 0 Å². The SMILES string of the molecule is O=C([O-])C(=O)[O-].[K+].[K+].[K+].[O]=[Nb](=[O])[O-]. The summed E-state index contributed by atoms with van der Waals surface area (Å²) in [5.74, 6) is -4.37. The third-order valence-electron chi connectivity index (χ3n) is 0.167. The van der Waals surface area contributed by atoms with Gasteiger partial charge in [0.25, 0.3) is 0 Å². The average Bonchev–Trinajstić information content (AvgIpc) is 1.63. The molecule has 0 saturated heterocycles. The van der Waals surface area contributed by atoms with Crippen LogP contribution in [0.3, 0.4) is 0 Å². The normalized spacial score (nSPS) is 5.31. The first-order valence-corrected chi connectivity index (χ1v) is 4.31. The van der Waals surface area contributed by atoms with Crippen LogP contribution < -0.4 is 168 Å². The van der Waals surface area contributed by atoms with Crippen molar-refractivity contribution in [1.29, 1.82) is 0 Å². The van der Waals surface area contributed by atoms with Crippen LogP contribution in [0.2, 0.25) is 0 Å². The summed E-state index contributed by atoms with van der Waals surface area (Å²) in [4.78, 5) is 17.9. The molecule has 0 bridgehead atoms. The molecule has 58 valence electrons. The standard InChI is InChI=1S/C2H2O4.3K.Nb.3O/c3-1(4)2(5)6;;;;;;;/h(H,3,4)(H,5,6);;;;;;;/q;3*+1;;;;-1/p-2. The van der Waals surface area contributed by atoms with Gasteiger partial charge in [-0.2, -0.15) is 0 Å². The fourth-order valence-electron chi connectivity index (χ4n) is 0. The number of hydrogen-bond acceptors (Lipinski definition) is 7. The molecule has 13 heavy (non-hydrogen) atoms. The van der Waals surface area contributed by atoms with Crippen molar-refractivity contribution in [3.8, 4) is 0 Å². The molecule has 0 aliphatic heterocycles. The van der Waals surface area contributed by atoms with Gasteiger partial charge in [0.2, 0.25) is 0 Å². The van der Waals surface area contributed by atoms with Crippen molar-refractivity contribution in [1.82, 2.24) is 0 Å². The van der Waals surface area contributed by atoms with Gasteiger partial charge in [-0.1, -0.05) is 0 Å². The quantitative estimate of drug-likeness (QED) is 0.314. The van der Waals surface area contributed by atoms with E-state index in [1.165, 1.54) is 0 Å². The van der Waals surface area contributed by atoms with Crippen LogP contribution in [0.5, 0.6) is 0 Å². The fraction of sp³-hybridized carbons (Fsp3) is 0. The second-order valence-electron chi connectivity index (χ2n) is 0.799. The van der Waals surface area contributed by atoms with E-state index in [0.717, 1.165) is 0 Å². The molecule has 0 aliphatic rings. The van der Waals surface area contributed by atoms with Crippen molar-refractivity contribution < 1.29 is 203 Å². The summed E-state index contributed by atoms with van der Waals surface area (Å²) < 4.78 is 25.8. The summed E-state index contributed by atoms with van der Waals surface area (Å²) in [5, 5.41) is 17.9. The molecule has 0 radical (unpaired) electrons. The fourth-order valence-corrected chi connectivity index (χ4v) is 0. The molecule has 0 amide bonds. The molecule has 0 aromatic rings. The van der Waals surface area contributed by atoms with Crippen LogP contribution in [0.25, 0.3) is 0 Å².